The van der Waals surface area contributed by atoms with Gasteiger partial charge in [0.25, 0.3) is 11.7 Å². The highest BCUT2D eigenvalue weighted by molar-refractivity contribution is 6.46. The van der Waals surface area contributed by atoms with Crippen LogP contribution in [0, 0.1) is 6.92 Å². The summed E-state index contributed by atoms with van der Waals surface area (Å²) in [6, 6.07) is 13.1. The number of esters is 1. The van der Waals surface area contributed by atoms with Gasteiger partial charge in [0.1, 0.15) is 11.5 Å². The zero-order chi connectivity index (χ0) is 24.1. The fourth-order valence-corrected chi connectivity index (χ4v) is 4.00. The summed E-state index contributed by atoms with van der Waals surface area (Å²) in [5.74, 6) is -1.61. The molecule has 3 rings (SSSR count). The Balaban J connectivity index is 2.07. The molecule has 1 fully saturated rings. The minimum atomic E-state index is -0.742. The first-order valence-electron chi connectivity index (χ1n) is 11.1. The molecule has 1 aliphatic heterocycles. The van der Waals surface area contributed by atoms with E-state index in [1.807, 2.05) is 32.9 Å². The number of amides is 1. The second kappa shape index (κ2) is 10.4. The SMILES string of the molecule is CCN(CC)CCN1C(=O)C(=O)/C(=C(\O)c2ccc(C)cc2)C1c1ccc(OC(C)=O)cc1. The van der Waals surface area contributed by atoms with E-state index in [1.54, 1.807) is 36.4 Å². The van der Waals surface area contributed by atoms with Crippen molar-refractivity contribution < 1.29 is 24.2 Å². The Kier molecular flexibility index (Phi) is 7.66. The number of carbonyl (C=O) groups excluding carboxylic acids is 3. The van der Waals surface area contributed by atoms with Crippen molar-refractivity contribution in [3.8, 4) is 5.75 Å². The molecule has 1 N–H and O–H groups in total. The quantitative estimate of drug-likeness (QED) is 0.217. The third kappa shape index (κ3) is 5.31. The van der Waals surface area contributed by atoms with Crippen molar-refractivity contribution in [3.63, 3.8) is 0 Å². The molecule has 0 saturated carbocycles. The number of aliphatic hydroxyl groups excluding tert-OH is 1. The maximum atomic E-state index is 13.1. The van der Waals surface area contributed by atoms with E-state index in [9.17, 15) is 19.5 Å². The molecule has 1 saturated heterocycles. The first kappa shape index (κ1) is 24.2. The molecular formula is C26H30N2O5. The van der Waals surface area contributed by atoms with Gasteiger partial charge in [-0.05, 0) is 37.7 Å². The number of benzene rings is 2. The molecule has 1 unspecified atom stereocenters. The Labute approximate surface area is 194 Å². The van der Waals surface area contributed by atoms with Crippen LogP contribution in [0.4, 0.5) is 0 Å². The normalized spacial score (nSPS) is 17.6. The Hall–Kier alpha value is -3.45. The van der Waals surface area contributed by atoms with Gasteiger partial charge in [0.2, 0.25) is 0 Å². The van der Waals surface area contributed by atoms with Crippen LogP contribution in [0.25, 0.3) is 5.76 Å². The zero-order valence-corrected chi connectivity index (χ0v) is 19.5. The van der Waals surface area contributed by atoms with Gasteiger partial charge in [0, 0.05) is 25.6 Å². The number of rotatable bonds is 8. The lowest BCUT2D eigenvalue weighted by Gasteiger charge is -2.28. The average molecular weight is 451 g/mol. The number of hydrogen-bond donors (Lipinski definition) is 1. The number of ether oxygens (including phenoxy) is 1. The van der Waals surface area contributed by atoms with Gasteiger partial charge >= 0.3 is 5.97 Å². The summed E-state index contributed by atoms with van der Waals surface area (Å²) in [6.45, 7) is 9.93. The van der Waals surface area contributed by atoms with E-state index in [0.717, 1.165) is 18.7 Å². The lowest BCUT2D eigenvalue weighted by atomic mass is 9.95. The second-order valence-corrected chi connectivity index (χ2v) is 8.05. The predicted octanol–water partition coefficient (Wildman–Crippen LogP) is 3.68. The van der Waals surface area contributed by atoms with E-state index in [0.29, 0.717) is 30.0 Å². The molecule has 1 amide bonds. The van der Waals surface area contributed by atoms with E-state index in [4.69, 9.17) is 4.74 Å². The van der Waals surface area contributed by atoms with Crippen LogP contribution in [-0.4, -0.2) is 58.7 Å². The van der Waals surface area contributed by atoms with Crippen molar-refractivity contribution in [1.82, 2.24) is 9.80 Å². The molecule has 33 heavy (non-hydrogen) atoms. The minimum Gasteiger partial charge on any atom is -0.507 e. The average Bonchev–Trinajstić information content (AvgIpc) is 3.05. The molecule has 7 heteroatoms. The van der Waals surface area contributed by atoms with Gasteiger partial charge in [-0.3, -0.25) is 14.4 Å². The van der Waals surface area contributed by atoms with Gasteiger partial charge in [-0.25, -0.2) is 0 Å². The molecule has 2 aromatic carbocycles. The maximum Gasteiger partial charge on any atom is 0.308 e. The molecular weight excluding hydrogens is 420 g/mol. The lowest BCUT2D eigenvalue weighted by Crippen LogP contribution is -2.38. The monoisotopic (exact) mass is 450 g/mol. The van der Waals surface area contributed by atoms with Gasteiger partial charge in [0.05, 0.1) is 11.6 Å². The first-order valence-corrected chi connectivity index (χ1v) is 11.1. The summed E-state index contributed by atoms with van der Waals surface area (Å²) >= 11 is 0. The number of hydrogen-bond acceptors (Lipinski definition) is 6. The van der Waals surface area contributed by atoms with Gasteiger partial charge in [-0.2, -0.15) is 0 Å². The number of carbonyl (C=O) groups is 3. The standard InChI is InChI=1S/C26H30N2O5/c1-5-27(6-2)15-16-28-23(19-11-13-21(14-12-19)33-18(4)29)22(25(31)26(28)32)24(30)20-9-7-17(3)8-10-20/h7-14,23,30H,5-6,15-16H2,1-4H3/b24-22-. The largest absolute Gasteiger partial charge is 0.507 e. The summed E-state index contributed by atoms with van der Waals surface area (Å²) in [6.07, 6.45) is 0. The van der Waals surface area contributed by atoms with Crippen molar-refractivity contribution in [2.45, 2.75) is 33.7 Å². The summed E-state index contributed by atoms with van der Waals surface area (Å²) in [7, 11) is 0. The van der Waals surface area contributed by atoms with E-state index in [-0.39, 0.29) is 11.3 Å². The van der Waals surface area contributed by atoms with E-state index >= 15 is 0 Å². The second-order valence-electron chi connectivity index (χ2n) is 8.05. The number of likely N-dealkylation sites (N-methyl/N-ethyl adjacent to an activating group) is 1. The summed E-state index contributed by atoms with van der Waals surface area (Å²) < 4.78 is 5.11. The number of nitrogens with zero attached hydrogens (tertiary/aromatic N) is 2. The van der Waals surface area contributed by atoms with Crippen molar-refractivity contribution in [3.05, 3.63) is 70.8 Å². The highest BCUT2D eigenvalue weighted by Crippen LogP contribution is 2.39. The van der Waals surface area contributed by atoms with Gasteiger partial charge in [-0.15, -0.1) is 0 Å². The summed E-state index contributed by atoms with van der Waals surface area (Å²) in [5, 5.41) is 11.1. The molecule has 0 bridgehead atoms. The van der Waals surface area contributed by atoms with Crippen LogP contribution in [0.3, 0.4) is 0 Å². The van der Waals surface area contributed by atoms with Crippen molar-refractivity contribution in [1.29, 1.82) is 0 Å². The van der Waals surface area contributed by atoms with Crippen LogP contribution in [0.5, 0.6) is 5.75 Å². The van der Waals surface area contributed by atoms with Gasteiger partial charge in [-0.1, -0.05) is 55.8 Å². The molecule has 0 aliphatic carbocycles. The lowest BCUT2D eigenvalue weighted by molar-refractivity contribution is -0.140. The van der Waals surface area contributed by atoms with Crippen LogP contribution < -0.4 is 4.74 Å². The maximum absolute atomic E-state index is 13.1. The van der Waals surface area contributed by atoms with Crippen molar-refractivity contribution in [2.75, 3.05) is 26.2 Å². The molecule has 0 spiro atoms. The zero-order valence-electron chi connectivity index (χ0n) is 19.5. The third-order valence-electron chi connectivity index (χ3n) is 5.87. The molecule has 0 aromatic heterocycles. The molecule has 1 atom stereocenters. The Morgan fingerprint density at radius 1 is 1.03 bits per heavy atom. The molecule has 0 radical (unpaired) electrons. The number of aliphatic hydroxyl groups is 1. The number of ketones is 1. The van der Waals surface area contributed by atoms with E-state index in [2.05, 4.69) is 4.90 Å². The Bertz CT molecular complexity index is 1050. The highest BCUT2D eigenvalue weighted by Gasteiger charge is 2.45. The number of Topliss-reactive ketones (excluding diaryl/α,β-unsaturated/α-hetero) is 1. The molecule has 1 aliphatic rings. The van der Waals surface area contributed by atoms with Crippen LogP contribution in [0.2, 0.25) is 0 Å². The highest BCUT2D eigenvalue weighted by atomic mass is 16.5. The topological polar surface area (TPSA) is 87.2 Å². The van der Waals surface area contributed by atoms with Crippen molar-refractivity contribution in [2.24, 2.45) is 0 Å². The Morgan fingerprint density at radius 3 is 2.18 bits per heavy atom. The summed E-state index contributed by atoms with van der Waals surface area (Å²) in [4.78, 5) is 41.1. The minimum absolute atomic E-state index is 0.0589. The van der Waals surface area contributed by atoms with Crippen molar-refractivity contribution >= 4 is 23.4 Å². The third-order valence-corrected chi connectivity index (χ3v) is 5.87. The van der Waals surface area contributed by atoms with Crippen LogP contribution >= 0.6 is 0 Å². The number of likely N-dealkylation sites (tertiary alicyclic amines) is 1. The van der Waals surface area contributed by atoms with Crippen LogP contribution in [-0.2, 0) is 14.4 Å². The molecule has 2 aromatic rings. The van der Waals surface area contributed by atoms with E-state index in [1.165, 1.54) is 11.8 Å². The summed E-state index contributed by atoms with van der Waals surface area (Å²) in [5.41, 5.74) is 2.20. The molecule has 174 valence electrons. The van der Waals surface area contributed by atoms with Gasteiger partial charge < -0.3 is 19.6 Å². The molecule has 1 heterocycles. The number of aryl methyl sites for hydroxylation is 1. The molecule has 7 nitrogen and oxygen atoms in total. The fourth-order valence-electron chi connectivity index (χ4n) is 4.00. The van der Waals surface area contributed by atoms with Crippen LogP contribution in [0.15, 0.2) is 54.1 Å². The van der Waals surface area contributed by atoms with Gasteiger partial charge in [0.15, 0.2) is 0 Å². The van der Waals surface area contributed by atoms with E-state index < -0.39 is 23.7 Å². The predicted molar refractivity (Wildman–Crippen MR) is 126 cm³/mol. The fraction of sp³-hybridized carbons (Fsp3) is 0.346. The smallest absolute Gasteiger partial charge is 0.308 e. The van der Waals surface area contributed by atoms with Crippen LogP contribution in [0.1, 0.15) is 43.5 Å². The first-order chi connectivity index (χ1) is 15.8. The Morgan fingerprint density at radius 2 is 1.64 bits per heavy atom.